The standard InChI is InChI=1S/C21H20F3N7O/c22-21(23,24)16-11-27-18(29-16)12-3-5-14(6-4-12)32-15-7-9-26-19-17(15)20(31-30-19)28-13-2-1-8-25-10-13/h3-7,9,11,13,25H,1-2,8,10H2,(H,27,29)(H2,26,28,30,31)/t13-/m1/s1. The van der Waals surface area contributed by atoms with Gasteiger partial charge in [0.1, 0.15) is 22.7 Å². The summed E-state index contributed by atoms with van der Waals surface area (Å²) in [7, 11) is 0. The summed E-state index contributed by atoms with van der Waals surface area (Å²) in [5.74, 6) is 1.90. The highest BCUT2D eigenvalue weighted by Gasteiger charge is 2.33. The molecule has 5 rings (SSSR count). The zero-order valence-electron chi connectivity index (χ0n) is 16.8. The summed E-state index contributed by atoms with van der Waals surface area (Å²) < 4.78 is 44.4. The molecule has 4 heterocycles. The first-order chi connectivity index (χ1) is 15.5. The monoisotopic (exact) mass is 443 g/mol. The van der Waals surface area contributed by atoms with E-state index in [0.717, 1.165) is 37.5 Å². The molecule has 1 atom stereocenters. The van der Waals surface area contributed by atoms with E-state index in [1.165, 1.54) is 0 Å². The number of aromatic nitrogens is 5. The van der Waals surface area contributed by atoms with E-state index in [2.05, 4.69) is 35.8 Å². The molecule has 0 saturated carbocycles. The van der Waals surface area contributed by atoms with Gasteiger partial charge in [-0.2, -0.15) is 18.3 Å². The first-order valence-electron chi connectivity index (χ1n) is 10.2. The van der Waals surface area contributed by atoms with Crippen molar-refractivity contribution in [3.8, 4) is 22.9 Å². The molecule has 1 aliphatic heterocycles. The number of imidazole rings is 1. The number of fused-ring (bicyclic) bond motifs is 1. The van der Waals surface area contributed by atoms with Gasteiger partial charge in [-0.15, -0.1) is 0 Å². The van der Waals surface area contributed by atoms with Crippen LogP contribution in [-0.4, -0.2) is 44.3 Å². The lowest BCUT2D eigenvalue weighted by molar-refractivity contribution is -0.140. The molecule has 1 aromatic carbocycles. The fourth-order valence-electron chi connectivity index (χ4n) is 3.70. The number of aromatic amines is 2. The van der Waals surface area contributed by atoms with Crippen molar-refractivity contribution >= 4 is 16.9 Å². The summed E-state index contributed by atoms with van der Waals surface area (Å²) in [4.78, 5) is 10.5. The number of rotatable bonds is 5. The van der Waals surface area contributed by atoms with E-state index in [4.69, 9.17) is 4.74 Å². The average Bonchev–Trinajstić information content (AvgIpc) is 3.44. The van der Waals surface area contributed by atoms with Crippen LogP contribution in [-0.2, 0) is 6.18 Å². The van der Waals surface area contributed by atoms with Crippen LogP contribution in [0.1, 0.15) is 18.5 Å². The molecule has 4 N–H and O–H groups in total. The van der Waals surface area contributed by atoms with Gasteiger partial charge in [0.25, 0.3) is 0 Å². The maximum Gasteiger partial charge on any atom is 0.434 e. The number of anilines is 1. The number of H-pyrrole nitrogens is 2. The van der Waals surface area contributed by atoms with Crippen molar-refractivity contribution in [2.75, 3.05) is 18.4 Å². The summed E-state index contributed by atoms with van der Waals surface area (Å²) in [6.07, 6.45) is 0.116. The number of piperidine rings is 1. The molecule has 0 amide bonds. The Balaban J connectivity index is 1.37. The Hall–Kier alpha value is -3.60. The molecular formula is C21H20F3N7O. The summed E-state index contributed by atoms with van der Waals surface area (Å²) in [6.45, 7) is 1.87. The summed E-state index contributed by atoms with van der Waals surface area (Å²) >= 11 is 0. The number of benzene rings is 1. The zero-order valence-corrected chi connectivity index (χ0v) is 16.8. The third-order valence-corrected chi connectivity index (χ3v) is 5.28. The molecule has 0 aliphatic carbocycles. The van der Waals surface area contributed by atoms with E-state index in [1.807, 2.05) is 0 Å². The molecule has 1 fully saturated rings. The molecule has 0 radical (unpaired) electrons. The van der Waals surface area contributed by atoms with E-state index in [-0.39, 0.29) is 11.9 Å². The zero-order chi connectivity index (χ0) is 22.1. The van der Waals surface area contributed by atoms with Gasteiger partial charge in [0.05, 0.1) is 0 Å². The van der Waals surface area contributed by atoms with Gasteiger partial charge >= 0.3 is 6.18 Å². The molecule has 11 heteroatoms. The van der Waals surface area contributed by atoms with Crippen LogP contribution in [0.5, 0.6) is 11.5 Å². The topological polar surface area (TPSA) is 104 Å². The van der Waals surface area contributed by atoms with Crippen molar-refractivity contribution in [2.45, 2.75) is 25.1 Å². The van der Waals surface area contributed by atoms with Crippen LogP contribution in [0, 0.1) is 0 Å². The van der Waals surface area contributed by atoms with Crippen molar-refractivity contribution in [3.63, 3.8) is 0 Å². The van der Waals surface area contributed by atoms with Crippen LogP contribution in [0.2, 0.25) is 0 Å². The molecule has 0 bridgehead atoms. The normalized spacial score (nSPS) is 16.9. The average molecular weight is 443 g/mol. The van der Waals surface area contributed by atoms with E-state index in [1.54, 1.807) is 36.5 Å². The van der Waals surface area contributed by atoms with E-state index in [9.17, 15) is 13.2 Å². The van der Waals surface area contributed by atoms with Gasteiger partial charge in [-0.1, -0.05) is 0 Å². The summed E-state index contributed by atoms with van der Waals surface area (Å²) in [5.41, 5.74) is 0.156. The molecule has 1 aliphatic rings. The summed E-state index contributed by atoms with van der Waals surface area (Å²) in [5, 5.41) is 14.8. The molecule has 0 spiro atoms. The minimum absolute atomic E-state index is 0.137. The van der Waals surface area contributed by atoms with E-state index in [0.29, 0.717) is 28.5 Å². The van der Waals surface area contributed by atoms with Gasteiger partial charge in [-0.25, -0.2) is 9.97 Å². The lowest BCUT2D eigenvalue weighted by Gasteiger charge is -2.23. The highest BCUT2D eigenvalue weighted by Crippen LogP contribution is 2.34. The van der Waals surface area contributed by atoms with Gasteiger partial charge in [0.2, 0.25) is 0 Å². The maximum absolute atomic E-state index is 12.8. The number of hydrogen-bond donors (Lipinski definition) is 4. The first kappa shape index (κ1) is 20.3. The fraction of sp³-hybridized carbons (Fsp3) is 0.286. The van der Waals surface area contributed by atoms with Crippen LogP contribution in [0.25, 0.3) is 22.4 Å². The van der Waals surface area contributed by atoms with E-state index >= 15 is 0 Å². The van der Waals surface area contributed by atoms with Gasteiger partial charge in [0, 0.05) is 36.6 Å². The van der Waals surface area contributed by atoms with Crippen LogP contribution in [0.3, 0.4) is 0 Å². The summed E-state index contributed by atoms with van der Waals surface area (Å²) in [6, 6.07) is 8.66. The third kappa shape index (κ3) is 4.11. The highest BCUT2D eigenvalue weighted by atomic mass is 19.4. The largest absolute Gasteiger partial charge is 0.456 e. The number of halogens is 3. The Morgan fingerprint density at radius 1 is 1.12 bits per heavy atom. The lowest BCUT2D eigenvalue weighted by atomic mass is 10.1. The molecular weight excluding hydrogens is 423 g/mol. The second kappa shape index (κ2) is 8.15. The molecule has 32 heavy (non-hydrogen) atoms. The SMILES string of the molecule is FC(F)(F)c1c[nH]c(-c2ccc(Oc3ccnc4[nH]nc(N[C@@H]5CCCNC5)c34)cc2)n1. The van der Waals surface area contributed by atoms with Gasteiger partial charge in [-0.3, -0.25) is 5.10 Å². The predicted octanol–water partition coefficient (Wildman–Crippen LogP) is 4.32. The highest BCUT2D eigenvalue weighted by molar-refractivity contribution is 5.93. The number of ether oxygens (including phenoxy) is 1. The number of nitrogens with zero attached hydrogens (tertiary/aromatic N) is 3. The van der Waals surface area contributed by atoms with E-state index < -0.39 is 11.9 Å². The Morgan fingerprint density at radius 3 is 2.69 bits per heavy atom. The molecule has 4 aromatic rings. The van der Waals surface area contributed by atoms with Crippen molar-refractivity contribution in [2.24, 2.45) is 0 Å². The maximum atomic E-state index is 12.8. The molecule has 1 saturated heterocycles. The number of alkyl halides is 3. The van der Waals surface area contributed by atoms with Crippen molar-refractivity contribution < 1.29 is 17.9 Å². The molecule has 166 valence electrons. The quantitative estimate of drug-likeness (QED) is 0.366. The molecule has 3 aromatic heterocycles. The lowest BCUT2D eigenvalue weighted by Crippen LogP contribution is -2.38. The van der Waals surface area contributed by atoms with Gasteiger partial charge < -0.3 is 20.4 Å². The van der Waals surface area contributed by atoms with Crippen LogP contribution < -0.4 is 15.4 Å². The van der Waals surface area contributed by atoms with Gasteiger partial charge in [-0.05, 0) is 43.7 Å². The molecule has 8 nitrogen and oxygen atoms in total. The van der Waals surface area contributed by atoms with Crippen LogP contribution in [0.4, 0.5) is 19.0 Å². The van der Waals surface area contributed by atoms with Crippen molar-refractivity contribution in [1.82, 2.24) is 30.5 Å². The minimum atomic E-state index is -4.49. The minimum Gasteiger partial charge on any atom is -0.456 e. The van der Waals surface area contributed by atoms with Crippen molar-refractivity contribution in [1.29, 1.82) is 0 Å². The van der Waals surface area contributed by atoms with Gasteiger partial charge in [0.15, 0.2) is 17.2 Å². The fourth-order valence-corrected chi connectivity index (χ4v) is 3.70. The molecule has 0 unspecified atom stereocenters. The Labute approximate surface area is 180 Å². The Bertz CT molecular complexity index is 1210. The van der Waals surface area contributed by atoms with Crippen molar-refractivity contribution in [3.05, 3.63) is 48.4 Å². The Morgan fingerprint density at radius 2 is 1.97 bits per heavy atom. The number of hydrogen-bond acceptors (Lipinski definition) is 6. The first-order valence-corrected chi connectivity index (χ1v) is 10.2. The predicted molar refractivity (Wildman–Crippen MR) is 113 cm³/mol. The van der Waals surface area contributed by atoms with Crippen LogP contribution in [0.15, 0.2) is 42.7 Å². The number of nitrogens with one attached hydrogen (secondary N) is 4. The third-order valence-electron chi connectivity index (χ3n) is 5.28. The second-order valence-corrected chi connectivity index (χ2v) is 7.55. The Kier molecular flexibility index (Phi) is 5.17. The second-order valence-electron chi connectivity index (χ2n) is 7.55. The smallest absolute Gasteiger partial charge is 0.434 e. The number of pyridine rings is 1. The van der Waals surface area contributed by atoms with Crippen LogP contribution >= 0.6 is 0 Å².